The third kappa shape index (κ3) is 4.88. The number of nitrogens with zero attached hydrogens (tertiary/aromatic N) is 3. The van der Waals surface area contributed by atoms with E-state index < -0.39 is 5.91 Å². The van der Waals surface area contributed by atoms with Crippen LogP contribution in [0.15, 0.2) is 29.3 Å². The van der Waals surface area contributed by atoms with Gasteiger partial charge in [0.1, 0.15) is 5.75 Å². The molecule has 0 bridgehead atoms. The van der Waals surface area contributed by atoms with Crippen molar-refractivity contribution >= 4 is 11.9 Å². The van der Waals surface area contributed by atoms with E-state index in [0.29, 0.717) is 18.3 Å². The molecule has 0 radical (unpaired) electrons. The van der Waals surface area contributed by atoms with Gasteiger partial charge in [0, 0.05) is 32.7 Å². The SMILES string of the molecule is CN=C(NCc1cccc(OCC(N)=O)c1)N1CCC(N2CCCC2)C1. The van der Waals surface area contributed by atoms with E-state index in [1.807, 2.05) is 31.3 Å². The summed E-state index contributed by atoms with van der Waals surface area (Å²) in [4.78, 5) is 20.3. The van der Waals surface area contributed by atoms with E-state index >= 15 is 0 Å². The second kappa shape index (κ2) is 8.89. The first-order valence-corrected chi connectivity index (χ1v) is 9.35. The van der Waals surface area contributed by atoms with Gasteiger partial charge in [0.2, 0.25) is 0 Å². The molecule has 2 fully saturated rings. The molecule has 7 heteroatoms. The van der Waals surface area contributed by atoms with Gasteiger partial charge in [-0.05, 0) is 50.0 Å². The maximum Gasteiger partial charge on any atom is 0.255 e. The number of hydrogen-bond acceptors (Lipinski definition) is 4. The maximum atomic E-state index is 10.8. The van der Waals surface area contributed by atoms with Crippen LogP contribution in [0.25, 0.3) is 0 Å². The Bertz CT molecular complexity index is 643. The Balaban J connectivity index is 1.51. The molecule has 7 nitrogen and oxygen atoms in total. The molecule has 26 heavy (non-hydrogen) atoms. The van der Waals surface area contributed by atoms with Crippen LogP contribution in [-0.2, 0) is 11.3 Å². The number of rotatable bonds is 6. The van der Waals surface area contributed by atoms with Crippen LogP contribution in [0.1, 0.15) is 24.8 Å². The van der Waals surface area contributed by atoms with E-state index in [1.165, 1.54) is 32.4 Å². The zero-order valence-corrected chi connectivity index (χ0v) is 15.5. The predicted molar refractivity (Wildman–Crippen MR) is 102 cm³/mol. The summed E-state index contributed by atoms with van der Waals surface area (Å²) in [7, 11) is 1.83. The van der Waals surface area contributed by atoms with Crippen LogP contribution in [0.3, 0.4) is 0 Å². The number of nitrogens with two attached hydrogens (primary N) is 1. The molecule has 1 amide bonds. The number of aliphatic imine (C=N–C) groups is 1. The van der Waals surface area contributed by atoms with Gasteiger partial charge in [0.15, 0.2) is 12.6 Å². The van der Waals surface area contributed by atoms with Crippen molar-refractivity contribution in [1.29, 1.82) is 0 Å². The fourth-order valence-corrected chi connectivity index (χ4v) is 3.75. The molecule has 2 aliphatic heterocycles. The highest BCUT2D eigenvalue weighted by molar-refractivity contribution is 5.80. The minimum Gasteiger partial charge on any atom is -0.484 e. The third-order valence-corrected chi connectivity index (χ3v) is 5.06. The summed E-state index contributed by atoms with van der Waals surface area (Å²) in [6.07, 6.45) is 3.87. The Morgan fingerprint density at radius 2 is 2.15 bits per heavy atom. The minimum atomic E-state index is -0.476. The summed E-state index contributed by atoms with van der Waals surface area (Å²) in [5.74, 6) is 1.11. The van der Waals surface area contributed by atoms with E-state index in [1.54, 1.807) is 0 Å². The van der Waals surface area contributed by atoms with Crippen molar-refractivity contribution in [3.05, 3.63) is 29.8 Å². The lowest BCUT2D eigenvalue weighted by molar-refractivity contribution is -0.119. The Kier molecular flexibility index (Phi) is 6.33. The van der Waals surface area contributed by atoms with Crippen molar-refractivity contribution in [3.8, 4) is 5.75 Å². The van der Waals surface area contributed by atoms with Crippen LogP contribution in [0.4, 0.5) is 0 Å². The van der Waals surface area contributed by atoms with Gasteiger partial charge in [0.05, 0.1) is 0 Å². The van der Waals surface area contributed by atoms with Gasteiger partial charge < -0.3 is 20.7 Å². The summed E-state index contributed by atoms with van der Waals surface area (Å²) in [5, 5.41) is 3.44. The molecular weight excluding hydrogens is 330 g/mol. The average Bonchev–Trinajstić information content (AvgIpc) is 3.32. The van der Waals surface area contributed by atoms with E-state index in [0.717, 1.165) is 24.6 Å². The molecule has 0 spiro atoms. The third-order valence-electron chi connectivity index (χ3n) is 5.06. The molecule has 1 unspecified atom stereocenters. The number of likely N-dealkylation sites (tertiary alicyclic amines) is 2. The Morgan fingerprint density at radius 1 is 1.35 bits per heavy atom. The quantitative estimate of drug-likeness (QED) is 0.580. The Labute approximate surface area is 155 Å². The van der Waals surface area contributed by atoms with Gasteiger partial charge in [-0.25, -0.2) is 0 Å². The number of guanidine groups is 1. The van der Waals surface area contributed by atoms with Crippen LogP contribution >= 0.6 is 0 Å². The number of hydrogen-bond donors (Lipinski definition) is 2. The van der Waals surface area contributed by atoms with E-state index in [9.17, 15) is 4.79 Å². The Hall–Kier alpha value is -2.28. The van der Waals surface area contributed by atoms with E-state index in [-0.39, 0.29) is 6.61 Å². The molecule has 0 saturated carbocycles. The number of primary amides is 1. The molecule has 2 aliphatic rings. The van der Waals surface area contributed by atoms with Crippen molar-refractivity contribution < 1.29 is 9.53 Å². The van der Waals surface area contributed by atoms with Crippen molar-refractivity contribution in [2.45, 2.75) is 31.8 Å². The highest BCUT2D eigenvalue weighted by Crippen LogP contribution is 2.20. The van der Waals surface area contributed by atoms with Crippen molar-refractivity contribution in [2.75, 3.05) is 39.8 Å². The number of carbonyl (C=O) groups is 1. The fourth-order valence-electron chi connectivity index (χ4n) is 3.75. The lowest BCUT2D eigenvalue weighted by Crippen LogP contribution is -2.42. The second-order valence-electron chi connectivity index (χ2n) is 6.93. The first-order chi connectivity index (χ1) is 12.7. The van der Waals surface area contributed by atoms with Gasteiger partial charge in [-0.2, -0.15) is 0 Å². The van der Waals surface area contributed by atoms with Crippen molar-refractivity contribution in [1.82, 2.24) is 15.1 Å². The van der Waals surface area contributed by atoms with Crippen LogP contribution in [0.5, 0.6) is 5.75 Å². The fraction of sp³-hybridized carbons (Fsp3) is 0.579. The molecule has 142 valence electrons. The molecule has 0 aliphatic carbocycles. The molecule has 3 rings (SSSR count). The van der Waals surface area contributed by atoms with Gasteiger partial charge in [-0.15, -0.1) is 0 Å². The van der Waals surface area contributed by atoms with Crippen molar-refractivity contribution in [3.63, 3.8) is 0 Å². The first kappa shape index (κ1) is 18.5. The number of amides is 1. The standard InChI is InChI=1S/C19H29N5O2/c1-21-19(24-10-7-16(13-24)23-8-2-3-9-23)22-12-15-5-4-6-17(11-15)26-14-18(20)25/h4-6,11,16H,2-3,7-10,12-14H2,1H3,(H2,20,25)(H,21,22). The highest BCUT2D eigenvalue weighted by Gasteiger charge is 2.30. The molecule has 1 atom stereocenters. The smallest absolute Gasteiger partial charge is 0.255 e. The summed E-state index contributed by atoms with van der Waals surface area (Å²) in [6, 6.07) is 8.33. The van der Waals surface area contributed by atoms with E-state index in [4.69, 9.17) is 10.5 Å². The molecular formula is C19H29N5O2. The highest BCUT2D eigenvalue weighted by atomic mass is 16.5. The number of benzene rings is 1. The van der Waals surface area contributed by atoms with Gasteiger partial charge in [0.25, 0.3) is 5.91 Å². The Morgan fingerprint density at radius 3 is 2.88 bits per heavy atom. The molecule has 3 N–H and O–H groups in total. The summed E-state index contributed by atoms with van der Waals surface area (Å²) >= 11 is 0. The average molecular weight is 359 g/mol. The van der Waals surface area contributed by atoms with Gasteiger partial charge >= 0.3 is 0 Å². The first-order valence-electron chi connectivity index (χ1n) is 9.35. The molecule has 0 aromatic heterocycles. The zero-order valence-electron chi connectivity index (χ0n) is 15.5. The topological polar surface area (TPSA) is 83.2 Å². The minimum absolute atomic E-state index is 0.107. The zero-order chi connectivity index (χ0) is 18.4. The number of nitrogens with one attached hydrogen (secondary N) is 1. The summed E-state index contributed by atoms with van der Waals surface area (Å²) in [6.45, 7) is 5.12. The monoisotopic (exact) mass is 359 g/mol. The van der Waals surface area contributed by atoms with Crippen molar-refractivity contribution in [2.24, 2.45) is 10.7 Å². The maximum absolute atomic E-state index is 10.8. The molecule has 1 aromatic carbocycles. The largest absolute Gasteiger partial charge is 0.484 e. The molecule has 2 heterocycles. The summed E-state index contributed by atoms with van der Waals surface area (Å²) < 4.78 is 5.36. The number of ether oxygens (including phenoxy) is 1. The summed E-state index contributed by atoms with van der Waals surface area (Å²) in [5.41, 5.74) is 6.19. The van der Waals surface area contributed by atoms with Crippen LogP contribution in [-0.4, -0.2) is 67.5 Å². The lowest BCUT2D eigenvalue weighted by atomic mass is 10.2. The number of carbonyl (C=O) groups excluding carboxylic acids is 1. The van der Waals surface area contributed by atoms with Crippen LogP contribution in [0.2, 0.25) is 0 Å². The molecule has 2 saturated heterocycles. The van der Waals surface area contributed by atoms with Crippen LogP contribution in [0, 0.1) is 0 Å². The predicted octanol–water partition coefficient (Wildman–Crippen LogP) is 0.796. The second-order valence-corrected chi connectivity index (χ2v) is 6.93. The lowest BCUT2D eigenvalue weighted by Gasteiger charge is -2.25. The van der Waals surface area contributed by atoms with E-state index in [2.05, 4.69) is 20.1 Å². The van der Waals surface area contributed by atoms with Gasteiger partial charge in [-0.3, -0.25) is 14.7 Å². The van der Waals surface area contributed by atoms with Gasteiger partial charge in [-0.1, -0.05) is 12.1 Å². The normalized spacial score (nSPS) is 21.2. The molecule has 1 aromatic rings. The van der Waals surface area contributed by atoms with Crippen LogP contribution < -0.4 is 15.8 Å².